The van der Waals surface area contributed by atoms with Crippen molar-refractivity contribution >= 4 is 16.8 Å². The van der Waals surface area contributed by atoms with Crippen LogP contribution >= 0.6 is 0 Å². The number of H-pyrrole nitrogens is 1. The molecule has 0 bridgehead atoms. The van der Waals surface area contributed by atoms with Crippen molar-refractivity contribution < 1.29 is 18.3 Å². The van der Waals surface area contributed by atoms with E-state index >= 15 is 0 Å². The molecule has 0 spiro atoms. The molecule has 0 saturated carbocycles. The molecule has 0 unspecified atom stereocenters. The molecule has 152 valence electrons. The maximum absolute atomic E-state index is 13.6. The highest BCUT2D eigenvalue weighted by molar-refractivity contribution is 5.90. The summed E-state index contributed by atoms with van der Waals surface area (Å²) in [5, 5.41) is 3.55. The Morgan fingerprint density at radius 1 is 1.10 bits per heavy atom. The van der Waals surface area contributed by atoms with Crippen molar-refractivity contribution in [3.8, 4) is 11.6 Å². The first-order chi connectivity index (χ1) is 14.5. The van der Waals surface area contributed by atoms with Crippen molar-refractivity contribution in [3.05, 3.63) is 89.2 Å². The van der Waals surface area contributed by atoms with E-state index in [1.165, 1.54) is 24.3 Å². The number of hydrogen-bond acceptors (Lipinski definition) is 3. The third-order valence-electron chi connectivity index (χ3n) is 4.72. The molecule has 4 aromatic rings. The summed E-state index contributed by atoms with van der Waals surface area (Å²) in [4.78, 5) is 19.8. The van der Waals surface area contributed by atoms with Gasteiger partial charge in [-0.3, -0.25) is 4.79 Å². The number of benzene rings is 2. The van der Waals surface area contributed by atoms with Crippen LogP contribution in [0, 0.1) is 18.6 Å². The van der Waals surface area contributed by atoms with E-state index in [-0.39, 0.29) is 24.0 Å². The standard InChI is InChI=1S/C23H19F2N3O2/c1-14-19(20-10-17(25)6-7-21(20)28-14)11-22(29)26-12-15-5-8-23(27-13-15)30-18-4-2-3-16(24)9-18/h2-10,13,28H,11-12H2,1H3,(H,26,29). The number of amides is 1. The molecule has 2 aromatic carbocycles. The van der Waals surface area contributed by atoms with E-state index in [2.05, 4.69) is 15.3 Å². The van der Waals surface area contributed by atoms with Crippen LogP contribution in [-0.4, -0.2) is 15.9 Å². The van der Waals surface area contributed by atoms with Crippen LogP contribution in [0.3, 0.4) is 0 Å². The van der Waals surface area contributed by atoms with Crippen LogP contribution in [-0.2, 0) is 17.8 Å². The summed E-state index contributed by atoms with van der Waals surface area (Å²) in [5.74, 6) is -0.223. The van der Waals surface area contributed by atoms with Gasteiger partial charge in [-0.05, 0) is 48.4 Å². The zero-order valence-electron chi connectivity index (χ0n) is 16.2. The maximum Gasteiger partial charge on any atom is 0.224 e. The lowest BCUT2D eigenvalue weighted by Gasteiger charge is -2.08. The lowest BCUT2D eigenvalue weighted by atomic mass is 10.1. The number of halogens is 2. The van der Waals surface area contributed by atoms with Crippen molar-refractivity contribution in [2.75, 3.05) is 0 Å². The molecule has 0 atom stereocenters. The minimum atomic E-state index is -0.389. The highest BCUT2D eigenvalue weighted by Crippen LogP contribution is 2.24. The summed E-state index contributed by atoms with van der Waals surface area (Å²) in [6, 6.07) is 13.7. The minimum absolute atomic E-state index is 0.142. The van der Waals surface area contributed by atoms with Gasteiger partial charge in [0.1, 0.15) is 17.4 Å². The molecule has 2 N–H and O–H groups in total. The normalized spacial score (nSPS) is 10.9. The number of carbonyl (C=O) groups excluding carboxylic acids is 1. The molecule has 5 nitrogen and oxygen atoms in total. The van der Waals surface area contributed by atoms with Crippen molar-refractivity contribution in [1.82, 2.24) is 15.3 Å². The van der Waals surface area contributed by atoms with E-state index < -0.39 is 0 Å². The van der Waals surface area contributed by atoms with E-state index in [0.29, 0.717) is 23.6 Å². The van der Waals surface area contributed by atoms with Crippen LogP contribution in [0.2, 0.25) is 0 Å². The van der Waals surface area contributed by atoms with Gasteiger partial charge in [0, 0.05) is 41.5 Å². The Morgan fingerprint density at radius 2 is 1.93 bits per heavy atom. The summed E-state index contributed by atoms with van der Waals surface area (Å²) in [7, 11) is 0. The van der Waals surface area contributed by atoms with Gasteiger partial charge >= 0.3 is 0 Å². The second-order valence-corrected chi connectivity index (χ2v) is 6.94. The number of rotatable bonds is 6. The zero-order chi connectivity index (χ0) is 21.1. The fourth-order valence-corrected chi connectivity index (χ4v) is 3.23. The number of hydrogen-bond donors (Lipinski definition) is 2. The summed E-state index contributed by atoms with van der Waals surface area (Å²) in [6.45, 7) is 2.16. The third kappa shape index (κ3) is 4.46. The smallest absolute Gasteiger partial charge is 0.224 e. The molecule has 0 saturated heterocycles. The van der Waals surface area contributed by atoms with Crippen LogP contribution in [0.15, 0.2) is 60.8 Å². The number of pyridine rings is 1. The molecule has 0 aliphatic carbocycles. The Bertz CT molecular complexity index is 1200. The molecule has 0 radical (unpaired) electrons. The molecular weight excluding hydrogens is 388 g/mol. The summed E-state index contributed by atoms with van der Waals surface area (Å²) in [6.07, 6.45) is 1.73. The number of aryl methyl sites for hydroxylation is 1. The van der Waals surface area contributed by atoms with E-state index in [1.807, 2.05) is 6.92 Å². The monoisotopic (exact) mass is 407 g/mol. The molecule has 0 fully saturated rings. The van der Waals surface area contributed by atoms with E-state index in [4.69, 9.17) is 4.74 Å². The Labute approximate surface area is 171 Å². The Balaban J connectivity index is 1.36. The van der Waals surface area contributed by atoms with Gasteiger partial charge in [-0.1, -0.05) is 12.1 Å². The quantitative estimate of drug-likeness (QED) is 0.482. The molecule has 0 aliphatic heterocycles. The number of nitrogens with zero attached hydrogens (tertiary/aromatic N) is 1. The number of carbonyl (C=O) groups is 1. The van der Waals surface area contributed by atoms with Crippen LogP contribution in [0.4, 0.5) is 8.78 Å². The van der Waals surface area contributed by atoms with Crippen molar-refractivity contribution in [2.24, 2.45) is 0 Å². The first kappa shape index (κ1) is 19.6. The molecule has 30 heavy (non-hydrogen) atoms. The minimum Gasteiger partial charge on any atom is -0.439 e. The molecule has 4 rings (SSSR count). The van der Waals surface area contributed by atoms with Crippen LogP contribution < -0.4 is 10.1 Å². The van der Waals surface area contributed by atoms with Crippen molar-refractivity contribution in [2.45, 2.75) is 19.9 Å². The number of nitrogens with one attached hydrogen (secondary N) is 2. The second kappa shape index (κ2) is 8.32. The number of aromatic nitrogens is 2. The van der Waals surface area contributed by atoms with Crippen molar-refractivity contribution in [1.29, 1.82) is 0 Å². The molecular formula is C23H19F2N3O2. The van der Waals surface area contributed by atoms with Gasteiger partial charge in [0.25, 0.3) is 0 Å². The van der Waals surface area contributed by atoms with Gasteiger partial charge in [0.15, 0.2) is 0 Å². The third-order valence-corrected chi connectivity index (χ3v) is 4.72. The van der Waals surface area contributed by atoms with E-state index in [0.717, 1.165) is 22.3 Å². The zero-order valence-corrected chi connectivity index (χ0v) is 16.2. The first-order valence-corrected chi connectivity index (χ1v) is 9.40. The van der Waals surface area contributed by atoms with Gasteiger partial charge < -0.3 is 15.0 Å². The maximum atomic E-state index is 13.6. The van der Waals surface area contributed by atoms with E-state index in [9.17, 15) is 13.6 Å². The predicted octanol–water partition coefficient (Wildman–Crippen LogP) is 4.80. The lowest BCUT2D eigenvalue weighted by molar-refractivity contribution is -0.120. The molecule has 1 amide bonds. The van der Waals surface area contributed by atoms with E-state index in [1.54, 1.807) is 36.5 Å². The highest BCUT2D eigenvalue weighted by atomic mass is 19.1. The van der Waals surface area contributed by atoms with Crippen LogP contribution in [0.1, 0.15) is 16.8 Å². The highest BCUT2D eigenvalue weighted by Gasteiger charge is 2.13. The SMILES string of the molecule is Cc1[nH]c2ccc(F)cc2c1CC(=O)NCc1ccc(Oc2cccc(F)c2)nc1. The molecule has 2 heterocycles. The Morgan fingerprint density at radius 3 is 2.70 bits per heavy atom. The number of fused-ring (bicyclic) bond motifs is 1. The average Bonchev–Trinajstić information content (AvgIpc) is 3.02. The second-order valence-electron chi connectivity index (χ2n) is 6.94. The Kier molecular flexibility index (Phi) is 5.43. The molecule has 2 aromatic heterocycles. The van der Waals surface area contributed by atoms with Gasteiger partial charge in [-0.2, -0.15) is 0 Å². The van der Waals surface area contributed by atoms with Crippen LogP contribution in [0.25, 0.3) is 10.9 Å². The topological polar surface area (TPSA) is 67.0 Å². The molecule has 0 aliphatic rings. The van der Waals surface area contributed by atoms with Crippen molar-refractivity contribution in [3.63, 3.8) is 0 Å². The Hall–Kier alpha value is -3.74. The van der Waals surface area contributed by atoms with Gasteiger partial charge in [0.05, 0.1) is 6.42 Å². The van der Waals surface area contributed by atoms with Gasteiger partial charge in [-0.25, -0.2) is 13.8 Å². The number of aromatic amines is 1. The van der Waals surface area contributed by atoms with Gasteiger partial charge in [0.2, 0.25) is 11.8 Å². The lowest BCUT2D eigenvalue weighted by Crippen LogP contribution is -2.24. The predicted molar refractivity (Wildman–Crippen MR) is 109 cm³/mol. The summed E-state index contributed by atoms with van der Waals surface area (Å²) >= 11 is 0. The first-order valence-electron chi connectivity index (χ1n) is 9.40. The fraction of sp³-hybridized carbons (Fsp3) is 0.130. The van der Waals surface area contributed by atoms with Crippen LogP contribution in [0.5, 0.6) is 11.6 Å². The van der Waals surface area contributed by atoms with Gasteiger partial charge in [-0.15, -0.1) is 0 Å². The number of ether oxygens (including phenoxy) is 1. The molecule has 7 heteroatoms. The summed E-state index contributed by atoms with van der Waals surface area (Å²) in [5.41, 5.74) is 3.21. The fourth-order valence-electron chi connectivity index (χ4n) is 3.23. The average molecular weight is 407 g/mol. The largest absolute Gasteiger partial charge is 0.439 e. The summed E-state index contributed by atoms with van der Waals surface area (Å²) < 4.78 is 32.3.